The molecule has 13 heteroatoms. The van der Waals surface area contributed by atoms with Crippen LogP contribution in [-0.2, 0) is 16.1 Å². The maximum absolute atomic E-state index is 14.1. The van der Waals surface area contributed by atoms with Crippen LogP contribution in [0.25, 0.3) is 10.8 Å². The van der Waals surface area contributed by atoms with Crippen LogP contribution in [0.2, 0.25) is 0 Å². The third kappa shape index (κ3) is 7.99. The zero-order chi connectivity index (χ0) is 32.8. The molecule has 0 spiro atoms. The molecule has 3 aromatic carbocycles. The average molecular weight is 623 g/mol. The Hall–Kier alpha value is -5.33. The second-order valence-electron chi connectivity index (χ2n) is 10.8. The van der Waals surface area contributed by atoms with Crippen LogP contribution in [0.3, 0.4) is 0 Å². The number of fused-ring (bicyclic) bond motifs is 1. The van der Waals surface area contributed by atoms with Crippen LogP contribution < -0.4 is 15.6 Å². The Bertz CT molecular complexity index is 1790. The van der Waals surface area contributed by atoms with Crippen molar-refractivity contribution in [1.82, 2.24) is 9.88 Å². The number of likely N-dealkylation sites (N-methyl/N-ethyl adjacent to an activating group) is 1. The number of carboxylic acid groups (broad SMARTS) is 1. The minimum absolute atomic E-state index is 0.00578. The number of nitro benzene ring substituents is 1. The molecule has 0 aliphatic heterocycles. The Kier molecular flexibility index (Phi) is 10.1. The topological polar surface area (TPSA) is 155 Å². The zero-order valence-electron chi connectivity index (χ0n) is 24.8. The number of aromatic amines is 1. The van der Waals surface area contributed by atoms with Gasteiger partial charge in [-0.25, -0.2) is 0 Å². The van der Waals surface area contributed by atoms with Gasteiger partial charge in [0, 0.05) is 55.0 Å². The first-order valence-electron chi connectivity index (χ1n) is 14.0. The lowest BCUT2D eigenvalue weighted by atomic mass is 9.90. The van der Waals surface area contributed by atoms with Gasteiger partial charge in [0.15, 0.2) is 0 Å². The number of amides is 1. The molecule has 0 saturated carbocycles. The Balaban J connectivity index is 1.71. The molecule has 0 aliphatic rings. The summed E-state index contributed by atoms with van der Waals surface area (Å²) in [5.41, 5.74) is 2.09. The summed E-state index contributed by atoms with van der Waals surface area (Å²) in [6.07, 6.45) is 1.96. The van der Waals surface area contributed by atoms with Gasteiger partial charge in [-0.2, -0.15) is 8.78 Å². The number of carboxylic acids is 1. The van der Waals surface area contributed by atoms with Crippen molar-refractivity contribution in [2.75, 3.05) is 12.4 Å². The fourth-order valence-corrected chi connectivity index (χ4v) is 5.22. The molecule has 1 unspecified atom stereocenters. The second kappa shape index (κ2) is 14.0. The molecular formula is C32H32F2N4O7. The van der Waals surface area contributed by atoms with Crippen molar-refractivity contribution in [3.8, 4) is 5.75 Å². The predicted octanol–water partition coefficient (Wildman–Crippen LogP) is 6.13. The van der Waals surface area contributed by atoms with Crippen LogP contribution in [0.4, 0.5) is 20.2 Å². The van der Waals surface area contributed by atoms with Crippen molar-refractivity contribution in [3.05, 3.63) is 110 Å². The lowest BCUT2D eigenvalue weighted by Crippen LogP contribution is -2.35. The van der Waals surface area contributed by atoms with Gasteiger partial charge in [0.25, 0.3) is 11.2 Å². The van der Waals surface area contributed by atoms with Crippen molar-refractivity contribution in [2.24, 2.45) is 0 Å². The summed E-state index contributed by atoms with van der Waals surface area (Å²) in [5, 5.41) is 24.7. The molecule has 0 aliphatic carbocycles. The van der Waals surface area contributed by atoms with Crippen LogP contribution >= 0.6 is 0 Å². The fourth-order valence-electron chi connectivity index (χ4n) is 5.22. The largest absolute Gasteiger partial charge is 0.481 e. The van der Waals surface area contributed by atoms with E-state index in [2.05, 4.69) is 15.0 Å². The predicted molar refractivity (Wildman–Crippen MR) is 164 cm³/mol. The van der Waals surface area contributed by atoms with Gasteiger partial charge >= 0.3 is 12.6 Å². The van der Waals surface area contributed by atoms with Gasteiger partial charge in [-0.3, -0.25) is 24.5 Å². The number of halogens is 2. The number of hydrogen-bond acceptors (Lipinski definition) is 7. The first-order valence-corrected chi connectivity index (χ1v) is 14.0. The SMILES string of the molecule is Cc1cc(C(Nc2ccc3cc[nH]c(=O)c3c2)C(=O)N(C)Cc2cc([N+](=O)[O-])ccc2OC(F)F)ccc1[C@@H](C)CCC(=O)O. The van der Waals surface area contributed by atoms with Crippen LogP contribution in [0, 0.1) is 17.0 Å². The molecule has 0 radical (unpaired) electrons. The number of anilines is 1. The second-order valence-corrected chi connectivity index (χ2v) is 10.8. The summed E-state index contributed by atoms with van der Waals surface area (Å²) in [6.45, 7) is 0.302. The number of carbonyl (C=O) groups excluding carboxylic acids is 1. The Labute approximate surface area is 256 Å². The van der Waals surface area contributed by atoms with Crippen LogP contribution in [0.1, 0.15) is 54.0 Å². The number of rotatable bonds is 13. The van der Waals surface area contributed by atoms with E-state index in [1.807, 2.05) is 26.0 Å². The number of H-pyrrole nitrogens is 1. The number of pyridine rings is 1. The van der Waals surface area contributed by atoms with Gasteiger partial charge in [-0.15, -0.1) is 0 Å². The molecule has 3 N–H and O–H groups in total. The van der Waals surface area contributed by atoms with Crippen molar-refractivity contribution in [1.29, 1.82) is 0 Å². The molecule has 1 aromatic heterocycles. The number of nitro groups is 1. The fraction of sp³-hybridized carbons (Fsp3) is 0.281. The molecule has 4 aromatic rings. The van der Waals surface area contributed by atoms with Crippen molar-refractivity contribution < 1.29 is 33.1 Å². The Morgan fingerprint density at radius 2 is 1.87 bits per heavy atom. The van der Waals surface area contributed by atoms with Crippen molar-refractivity contribution in [2.45, 2.75) is 51.8 Å². The van der Waals surface area contributed by atoms with Crippen LogP contribution in [-0.4, -0.2) is 45.4 Å². The summed E-state index contributed by atoms with van der Waals surface area (Å²) in [7, 11) is 1.43. The smallest absolute Gasteiger partial charge is 0.387 e. The van der Waals surface area contributed by atoms with E-state index < -0.39 is 29.5 Å². The molecular weight excluding hydrogens is 590 g/mol. The highest BCUT2D eigenvalue weighted by Gasteiger charge is 2.27. The highest BCUT2D eigenvalue weighted by molar-refractivity contribution is 5.89. The van der Waals surface area contributed by atoms with E-state index in [4.69, 9.17) is 5.11 Å². The summed E-state index contributed by atoms with van der Waals surface area (Å²) < 4.78 is 30.8. The summed E-state index contributed by atoms with van der Waals surface area (Å²) in [4.78, 5) is 52.1. The molecule has 0 bridgehead atoms. The molecule has 45 heavy (non-hydrogen) atoms. The normalized spacial score (nSPS) is 12.5. The molecule has 0 saturated heterocycles. The lowest BCUT2D eigenvalue weighted by molar-refractivity contribution is -0.385. The number of aliphatic carboxylic acids is 1. The molecule has 11 nitrogen and oxygen atoms in total. The van der Waals surface area contributed by atoms with Gasteiger partial charge in [0.2, 0.25) is 5.91 Å². The maximum Gasteiger partial charge on any atom is 0.387 e. The number of nitrogens with zero attached hydrogens (tertiary/aromatic N) is 2. The average Bonchev–Trinajstić information content (AvgIpc) is 2.99. The highest BCUT2D eigenvalue weighted by Crippen LogP contribution is 2.31. The highest BCUT2D eigenvalue weighted by atomic mass is 19.3. The standard InChI is InChI=1S/C32H32F2N4O7/c1-18(4-11-28(39)40)25-9-6-21(14-19(25)2)29(36-23-7-5-20-12-13-35-30(41)26(20)16-23)31(42)37(3)17-22-15-24(38(43)44)8-10-27(22)45-32(33)34/h5-10,12-16,18,29,32,36H,4,11,17H2,1-3H3,(H,35,41)(H,39,40)/t18-,29?/m0/s1. The van der Waals surface area contributed by atoms with E-state index in [9.17, 15) is 33.3 Å². The van der Waals surface area contributed by atoms with E-state index >= 15 is 0 Å². The van der Waals surface area contributed by atoms with Crippen molar-refractivity contribution in [3.63, 3.8) is 0 Å². The molecule has 1 heterocycles. The van der Waals surface area contributed by atoms with Gasteiger partial charge in [-0.1, -0.05) is 31.2 Å². The van der Waals surface area contributed by atoms with E-state index in [-0.39, 0.29) is 41.4 Å². The minimum atomic E-state index is -3.18. The minimum Gasteiger partial charge on any atom is -0.481 e. The molecule has 1 amide bonds. The van der Waals surface area contributed by atoms with Crippen LogP contribution in [0.5, 0.6) is 5.75 Å². The van der Waals surface area contributed by atoms with Gasteiger partial charge in [0.05, 0.1) is 4.92 Å². The molecule has 0 fully saturated rings. The number of alkyl halides is 2. The quantitative estimate of drug-likeness (QED) is 0.119. The summed E-state index contributed by atoms with van der Waals surface area (Å²) in [6, 6.07) is 14.3. The Morgan fingerprint density at radius 3 is 2.53 bits per heavy atom. The number of carbonyl (C=O) groups is 2. The number of ether oxygens (including phenoxy) is 1. The first-order chi connectivity index (χ1) is 21.3. The molecule has 2 atom stereocenters. The van der Waals surface area contributed by atoms with E-state index in [0.717, 1.165) is 29.3 Å². The maximum atomic E-state index is 14.1. The summed E-state index contributed by atoms with van der Waals surface area (Å²) in [5.74, 6) is -1.76. The number of aryl methyl sites for hydroxylation is 1. The number of non-ortho nitro benzene ring substituents is 1. The third-order valence-electron chi connectivity index (χ3n) is 7.54. The van der Waals surface area contributed by atoms with E-state index in [1.165, 1.54) is 18.1 Å². The number of aromatic nitrogens is 1. The summed E-state index contributed by atoms with van der Waals surface area (Å²) >= 11 is 0. The number of nitrogens with one attached hydrogen (secondary N) is 2. The number of hydrogen-bond donors (Lipinski definition) is 3. The number of benzene rings is 3. The van der Waals surface area contributed by atoms with Gasteiger partial charge in [-0.05, 0) is 65.6 Å². The Morgan fingerprint density at radius 1 is 1.11 bits per heavy atom. The van der Waals surface area contributed by atoms with Crippen LogP contribution in [0.15, 0.2) is 71.7 Å². The molecule has 4 rings (SSSR count). The first kappa shape index (κ1) is 32.6. The van der Waals surface area contributed by atoms with Gasteiger partial charge < -0.3 is 25.0 Å². The van der Waals surface area contributed by atoms with Crippen molar-refractivity contribution >= 4 is 34.0 Å². The monoisotopic (exact) mass is 622 g/mol. The van der Waals surface area contributed by atoms with Gasteiger partial charge in [0.1, 0.15) is 11.8 Å². The zero-order valence-corrected chi connectivity index (χ0v) is 24.8. The van der Waals surface area contributed by atoms with E-state index in [0.29, 0.717) is 28.4 Å². The lowest BCUT2D eigenvalue weighted by Gasteiger charge is -2.27. The third-order valence-corrected chi connectivity index (χ3v) is 7.54. The molecule has 236 valence electrons. The van der Waals surface area contributed by atoms with E-state index in [1.54, 1.807) is 30.3 Å².